The van der Waals surface area contributed by atoms with E-state index in [4.69, 9.17) is 0 Å². The minimum absolute atomic E-state index is 0.0215. The van der Waals surface area contributed by atoms with Crippen molar-refractivity contribution in [2.75, 3.05) is 0 Å². The van der Waals surface area contributed by atoms with Crippen LogP contribution in [0.3, 0.4) is 0 Å². The number of nitrogens with one attached hydrogen (secondary N) is 1. The summed E-state index contributed by atoms with van der Waals surface area (Å²) in [5, 5.41) is 1.72. The van der Waals surface area contributed by atoms with E-state index in [0.29, 0.717) is 0 Å². The van der Waals surface area contributed by atoms with Crippen molar-refractivity contribution in [3.8, 4) is 0 Å². The Labute approximate surface area is 109 Å². The van der Waals surface area contributed by atoms with Crippen LogP contribution in [0, 0.1) is 6.92 Å². The summed E-state index contributed by atoms with van der Waals surface area (Å²) in [6, 6.07) is 6.09. The molecule has 2 aromatic rings. The van der Waals surface area contributed by atoms with Crippen LogP contribution in [0.1, 0.15) is 32.0 Å². The average molecular weight is 294 g/mol. The van der Waals surface area contributed by atoms with Crippen molar-refractivity contribution in [3.63, 3.8) is 0 Å². The first-order valence-electron chi connectivity index (χ1n) is 5.63. The molecule has 1 N–H and O–H groups in total. The number of fused-ring (bicyclic) bond motifs is 1. The van der Waals surface area contributed by atoms with Gasteiger partial charge in [-0.25, -0.2) is 0 Å². The lowest BCUT2D eigenvalue weighted by Crippen LogP contribution is -2.14. The molecule has 3 heteroatoms. The highest BCUT2D eigenvalue weighted by molar-refractivity contribution is 9.10. The van der Waals surface area contributed by atoms with Gasteiger partial charge in [-0.05, 0) is 39.9 Å². The van der Waals surface area contributed by atoms with E-state index in [9.17, 15) is 4.79 Å². The molecule has 90 valence electrons. The Hall–Kier alpha value is -1.09. The molecule has 0 saturated carbocycles. The summed E-state index contributed by atoms with van der Waals surface area (Å²) in [5.41, 5.74) is 2.07. The number of aryl methyl sites for hydroxylation is 1. The van der Waals surface area contributed by atoms with Crippen molar-refractivity contribution in [2.45, 2.75) is 33.1 Å². The first-order valence-corrected chi connectivity index (χ1v) is 6.42. The molecule has 0 aliphatic heterocycles. The number of hydrogen-bond acceptors (Lipinski definition) is 1. The minimum atomic E-state index is -0.0215. The third-order valence-corrected chi connectivity index (χ3v) is 4.02. The molecule has 0 aliphatic rings. The van der Waals surface area contributed by atoms with Crippen molar-refractivity contribution >= 4 is 26.7 Å². The molecule has 0 unspecified atom stereocenters. The van der Waals surface area contributed by atoms with Crippen molar-refractivity contribution in [2.24, 2.45) is 0 Å². The summed E-state index contributed by atoms with van der Waals surface area (Å²) < 4.78 is 0.965. The molecular weight excluding hydrogens is 278 g/mol. The summed E-state index contributed by atoms with van der Waals surface area (Å²) in [6.07, 6.45) is 0. The molecule has 0 spiro atoms. The second-order valence-electron chi connectivity index (χ2n) is 5.40. The van der Waals surface area contributed by atoms with Crippen LogP contribution in [0.25, 0.3) is 10.8 Å². The van der Waals surface area contributed by atoms with Crippen molar-refractivity contribution in [3.05, 3.63) is 44.3 Å². The molecule has 17 heavy (non-hydrogen) atoms. The predicted molar refractivity (Wildman–Crippen MR) is 75.7 cm³/mol. The maximum absolute atomic E-state index is 12.0. The van der Waals surface area contributed by atoms with Crippen LogP contribution in [0.5, 0.6) is 0 Å². The Bertz CT molecular complexity index is 635. The fourth-order valence-corrected chi connectivity index (χ4v) is 2.33. The summed E-state index contributed by atoms with van der Waals surface area (Å²) in [7, 11) is 0. The fourth-order valence-electron chi connectivity index (χ4n) is 1.88. The Balaban J connectivity index is 2.84. The molecule has 0 radical (unpaired) electrons. The van der Waals surface area contributed by atoms with Gasteiger partial charge in [0, 0.05) is 20.9 Å². The lowest BCUT2D eigenvalue weighted by atomic mass is 9.86. The third kappa shape index (κ3) is 2.16. The van der Waals surface area contributed by atoms with Gasteiger partial charge in [-0.1, -0.05) is 32.9 Å². The summed E-state index contributed by atoms with van der Waals surface area (Å²) in [6.45, 7) is 8.32. The maximum atomic E-state index is 12.0. The van der Waals surface area contributed by atoms with Crippen LogP contribution < -0.4 is 5.56 Å². The predicted octanol–water partition coefficient (Wildman–Crippen LogP) is 3.90. The number of hydrogen-bond donors (Lipinski definition) is 1. The molecule has 0 aliphatic carbocycles. The molecule has 0 atom stereocenters. The summed E-state index contributed by atoms with van der Waals surface area (Å²) in [4.78, 5) is 14.8. The number of rotatable bonds is 0. The standard InChI is InChI=1S/C14H16BrNO/c1-8-12(15)10-6-5-9(14(2,3)4)7-11(10)13(17)16-8/h5-7H,1-4H3,(H,16,17). The highest BCUT2D eigenvalue weighted by Gasteiger charge is 2.15. The molecule has 1 heterocycles. The van der Waals surface area contributed by atoms with Crippen LogP contribution in [-0.2, 0) is 5.41 Å². The number of H-pyrrole nitrogens is 1. The van der Waals surface area contributed by atoms with Gasteiger partial charge >= 0.3 is 0 Å². The van der Waals surface area contributed by atoms with Crippen LogP contribution in [0.15, 0.2) is 27.5 Å². The Morgan fingerprint density at radius 1 is 1.18 bits per heavy atom. The first kappa shape index (κ1) is 12.4. The highest BCUT2D eigenvalue weighted by atomic mass is 79.9. The van der Waals surface area contributed by atoms with Gasteiger partial charge in [0.25, 0.3) is 5.56 Å². The molecular formula is C14H16BrNO. The molecule has 2 nitrogen and oxygen atoms in total. The summed E-state index contributed by atoms with van der Waals surface area (Å²) in [5.74, 6) is 0. The zero-order chi connectivity index (χ0) is 12.8. The zero-order valence-electron chi connectivity index (χ0n) is 10.5. The maximum Gasteiger partial charge on any atom is 0.256 e. The fraction of sp³-hybridized carbons (Fsp3) is 0.357. The molecule has 2 rings (SSSR count). The SMILES string of the molecule is Cc1[nH]c(=O)c2cc(C(C)(C)C)ccc2c1Br. The highest BCUT2D eigenvalue weighted by Crippen LogP contribution is 2.28. The van der Waals surface area contributed by atoms with E-state index in [1.54, 1.807) is 0 Å². The van der Waals surface area contributed by atoms with Crippen molar-refractivity contribution in [1.82, 2.24) is 4.98 Å². The van der Waals surface area contributed by atoms with Gasteiger partial charge in [0.05, 0.1) is 0 Å². The summed E-state index contributed by atoms with van der Waals surface area (Å²) >= 11 is 3.52. The lowest BCUT2D eigenvalue weighted by Gasteiger charge is -2.19. The van der Waals surface area contributed by atoms with E-state index in [1.807, 2.05) is 19.1 Å². The molecule has 0 bridgehead atoms. The first-order chi connectivity index (χ1) is 7.80. The van der Waals surface area contributed by atoms with Gasteiger partial charge in [-0.15, -0.1) is 0 Å². The number of aromatic amines is 1. The topological polar surface area (TPSA) is 32.9 Å². The van der Waals surface area contributed by atoms with Gasteiger partial charge in [-0.2, -0.15) is 0 Å². The Morgan fingerprint density at radius 2 is 1.82 bits per heavy atom. The number of aromatic nitrogens is 1. The Morgan fingerprint density at radius 3 is 2.41 bits per heavy atom. The average Bonchev–Trinajstić information content (AvgIpc) is 2.24. The van der Waals surface area contributed by atoms with Crippen LogP contribution in [0.4, 0.5) is 0 Å². The van der Waals surface area contributed by atoms with E-state index in [0.717, 1.165) is 20.9 Å². The van der Waals surface area contributed by atoms with Gasteiger partial charge < -0.3 is 4.98 Å². The second-order valence-corrected chi connectivity index (χ2v) is 6.20. The number of benzene rings is 1. The van der Waals surface area contributed by atoms with Crippen molar-refractivity contribution < 1.29 is 0 Å². The van der Waals surface area contributed by atoms with Crippen molar-refractivity contribution in [1.29, 1.82) is 0 Å². The largest absolute Gasteiger partial charge is 0.325 e. The molecule has 0 fully saturated rings. The third-order valence-electron chi connectivity index (χ3n) is 3.00. The quantitative estimate of drug-likeness (QED) is 0.785. The van der Waals surface area contributed by atoms with Crippen LogP contribution in [0.2, 0.25) is 0 Å². The Kier molecular flexibility index (Phi) is 2.90. The normalized spacial score (nSPS) is 12.1. The van der Waals surface area contributed by atoms with E-state index in [-0.39, 0.29) is 11.0 Å². The molecule has 1 aromatic heterocycles. The van der Waals surface area contributed by atoms with Gasteiger partial charge in [0.2, 0.25) is 0 Å². The van der Waals surface area contributed by atoms with E-state index in [2.05, 4.69) is 47.8 Å². The smallest absolute Gasteiger partial charge is 0.256 e. The van der Waals surface area contributed by atoms with Crippen LogP contribution in [-0.4, -0.2) is 4.98 Å². The van der Waals surface area contributed by atoms with E-state index in [1.165, 1.54) is 5.56 Å². The lowest BCUT2D eigenvalue weighted by molar-refractivity contribution is 0.591. The van der Waals surface area contributed by atoms with E-state index < -0.39 is 0 Å². The molecule has 1 aromatic carbocycles. The minimum Gasteiger partial charge on any atom is -0.325 e. The zero-order valence-corrected chi connectivity index (χ0v) is 12.1. The van der Waals surface area contributed by atoms with E-state index >= 15 is 0 Å². The molecule has 0 amide bonds. The van der Waals surface area contributed by atoms with Gasteiger partial charge in [0.15, 0.2) is 0 Å². The monoisotopic (exact) mass is 293 g/mol. The van der Waals surface area contributed by atoms with Gasteiger partial charge in [0.1, 0.15) is 0 Å². The molecule has 0 saturated heterocycles. The number of pyridine rings is 1. The van der Waals surface area contributed by atoms with Crippen LogP contribution >= 0.6 is 15.9 Å². The second kappa shape index (κ2) is 3.98. The number of halogens is 1. The van der Waals surface area contributed by atoms with Gasteiger partial charge in [-0.3, -0.25) is 4.79 Å².